The first kappa shape index (κ1) is 14.6. The lowest BCUT2D eigenvalue weighted by atomic mass is 9.75. The van der Waals surface area contributed by atoms with Crippen molar-refractivity contribution in [3.63, 3.8) is 0 Å². The second kappa shape index (κ2) is 6.21. The molecule has 1 atom stereocenters. The van der Waals surface area contributed by atoms with Gasteiger partial charge in [-0.2, -0.15) is 0 Å². The summed E-state index contributed by atoms with van der Waals surface area (Å²) in [5.41, 5.74) is 4.16. The zero-order chi connectivity index (χ0) is 14.8. The summed E-state index contributed by atoms with van der Waals surface area (Å²) in [4.78, 5) is 0. The molecule has 2 heteroatoms. The van der Waals surface area contributed by atoms with Gasteiger partial charge in [0.25, 0.3) is 0 Å². The van der Waals surface area contributed by atoms with E-state index in [-0.39, 0.29) is 0 Å². The van der Waals surface area contributed by atoms with Crippen LogP contribution in [0.1, 0.15) is 48.4 Å². The summed E-state index contributed by atoms with van der Waals surface area (Å²) in [5, 5.41) is 4.52. The molecule has 0 aliphatic heterocycles. The highest BCUT2D eigenvalue weighted by Crippen LogP contribution is 2.38. The first-order valence-corrected chi connectivity index (χ1v) is 8.07. The molecule has 1 nitrogen and oxygen atoms in total. The van der Waals surface area contributed by atoms with Crippen molar-refractivity contribution in [1.29, 1.82) is 0 Å². The number of hydrogen-bond donors (Lipinski definition) is 1. The Morgan fingerprint density at radius 1 is 1.10 bits per heavy atom. The monoisotopic (exact) mass is 299 g/mol. The van der Waals surface area contributed by atoms with Gasteiger partial charge in [-0.05, 0) is 55.9 Å². The quantitative estimate of drug-likeness (QED) is 0.813. The minimum absolute atomic E-state index is 0.380. The smallest absolute Gasteiger partial charge is 0.0406 e. The van der Waals surface area contributed by atoms with Gasteiger partial charge in [-0.1, -0.05) is 53.6 Å². The summed E-state index contributed by atoms with van der Waals surface area (Å²) in [6.45, 7) is 4.39. The van der Waals surface area contributed by atoms with Gasteiger partial charge in [0.15, 0.2) is 0 Å². The van der Waals surface area contributed by atoms with Gasteiger partial charge in [0.05, 0.1) is 0 Å². The Morgan fingerprint density at radius 3 is 2.48 bits per heavy atom. The summed E-state index contributed by atoms with van der Waals surface area (Å²) in [5.74, 6) is 0.722. The van der Waals surface area contributed by atoms with Crippen molar-refractivity contribution in [2.45, 2.75) is 44.7 Å². The molecule has 1 fully saturated rings. The molecule has 0 aromatic heterocycles. The molecule has 0 heterocycles. The molecule has 1 saturated carbocycles. The summed E-state index contributed by atoms with van der Waals surface area (Å²) < 4.78 is 0. The lowest BCUT2D eigenvalue weighted by Gasteiger charge is -2.38. The lowest BCUT2D eigenvalue weighted by molar-refractivity contribution is 0.271. The molecule has 110 valence electrons. The van der Waals surface area contributed by atoms with Gasteiger partial charge >= 0.3 is 0 Å². The normalized spacial score (nSPS) is 22.6. The fraction of sp³-hybridized carbons (Fsp3) is 0.368. The van der Waals surface area contributed by atoms with E-state index in [1.165, 1.54) is 29.5 Å². The van der Waals surface area contributed by atoms with Crippen LogP contribution in [0.15, 0.2) is 48.5 Å². The Hall–Kier alpha value is -1.31. The Labute approximate surface area is 132 Å². The maximum Gasteiger partial charge on any atom is 0.0406 e. The van der Waals surface area contributed by atoms with Crippen LogP contribution < -0.4 is 5.32 Å². The van der Waals surface area contributed by atoms with E-state index < -0.39 is 0 Å². The van der Waals surface area contributed by atoms with E-state index in [0.717, 1.165) is 10.9 Å². The molecule has 0 saturated heterocycles. The number of aryl methyl sites for hydroxylation is 1. The predicted octanol–water partition coefficient (Wildman–Crippen LogP) is 5.25. The van der Waals surface area contributed by atoms with E-state index in [0.29, 0.717) is 12.1 Å². The molecule has 1 unspecified atom stereocenters. The minimum Gasteiger partial charge on any atom is -0.307 e. The average molecular weight is 300 g/mol. The molecule has 1 aliphatic rings. The van der Waals surface area contributed by atoms with Crippen molar-refractivity contribution in [2.75, 3.05) is 0 Å². The van der Waals surface area contributed by atoms with Gasteiger partial charge in [0, 0.05) is 17.1 Å². The molecule has 1 N–H and O–H groups in total. The highest BCUT2D eigenvalue weighted by atomic mass is 35.5. The zero-order valence-electron chi connectivity index (χ0n) is 12.6. The van der Waals surface area contributed by atoms with Crippen LogP contribution in [-0.2, 0) is 0 Å². The van der Waals surface area contributed by atoms with E-state index >= 15 is 0 Å². The largest absolute Gasteiger partial charge is 0.307 e. The van der Waals surface area contributed by atoms with Gasteiger partial charge in [0.2, 0.25) is 0 Å². The fourth-order valence-corrected chi connectivity index (χ4v) is 3.28. The topological polar surface area (TPSA) is 12.0 Å². The van der Waals surface area contributed by atoms with Crippen molar-refractivity contribution < 1.29 is 0 Å². The SMILES string of the molecule is Cc1cccc(C2CC(NC(C)c3ccc(Cl)cc3)C2)c1. The van der Waals surface area contributed by atoms with Crippen LogP contribution >= 0.6 is 11.6 Å². The lowest BCUT2D eigenvalue weighted by Crippen LogP contribution is -2.41. The second-order valence-electron chi connectivity index (χ2n) is 6.22. The molecule has 3 rings (SSSR count). The Kier molecular flexibility index (Phi) is 4.32. The third kappa shape index (κ3) is 3.48. The fourth-order valence-electron chi connectivity index (χ4n) is 3.15. The molecule has 0 bridgehead atoms. The summed E-state index contributed by atoms with van der Waals surface area (Å²) in [6.07, 6.45) is 2.47. The van der Waals surface area contributed by atoms with Crippen LogP contribution in [0.5, 0.6) is 0 Å². The van der Waals surface area contributed by atoms with Crippen LogP contribution in [0.3, 0.4) is 0 Å². The molecule has 0 spiro atoms. The molecule has 2 aromatic rings. The summed E-state index contributed by atoms with van der Waals surface area (Å²) in [6, 6.07) is 18.1. The van der Waals surface area contributed by atoms with Crippen LogP contribution in [0, 0.1) is 6.92 Å². The molecule has 0 amide bonds. The van der Waals surface area contributed by atoms with Crippen molar-refractivity contribution in [1.82, 2.24) is 5.32 Å². The standard InChI is InChI=1S/C19H22ClN/c1-13-4-3-5-16(10-13)17-11-19(12-17)21-14(2)15-6-8-18(20)9-7-15/h3-10,14,17,19,21H,11-12H2,1-2H3. The molecule has 1 aliphatic carbocycles. The van der Waals surface area contributed by atoms with Crippen molar-refractivity contribution in [3.05, 3.63) is 70.2 Å². The number of rotatable bonds is 4. The Morgan fingerprint density at radius 2 is 1.81 bits per heavy atom. The molecular weight excluding hydrogens is 278 g/mol. The van der Waals surface area contributed by atoms with Gasteiger partial charge in [-0.25, -0.2) is 0 Å². The van der Waals surface area contributed by atoms with Crippen molar-refractivity contribution in [3.8, 4) is 0 Å². The Bertz CT molecular complexity index is 599. The maximum absolute atomic E-state index is 5.94. The van der Waals surface area contributed by atoms with Crippen LogP contribution in [0.25, 0.3) is 0 Å². The average Bonchev–Trinajstić information content (AvgIpc) is 2.43. The van der Waals surface area contributed by atoms with Crippen LogP contribution in [-0.4, -0.2) is 6.04 Å². The van der Waals surface area contributed by atoms with Crippen LogP contribution in [0.2, 0.25) is 5.02 Å². The predicted molar refractivity (Wildman–Crippen MR) is 89.9 cm³/mol. The Balaban J connectivity index is 1.54. The van der Waals surface area contributed by atoms with E-state index in [1.807, 2.05) is 12.1 Å². The first-order valence-electron chi connectivity index (χ1n) is 7.70. The van der Waals surface area contributed by atoms with E-state index in [1.54, 1.807) is 0 Å². The highest BCUT2D eigenvalue weighted by Gasteiger charge is 2.31. The third-order valence-electron chi connectivity index (χ3n) is 4.51. The number of nitrogens with one attached hydrogen (secondary N) is 1. The maximum atomic E-state index is 5.94. The van der Waals surface area contributed by atoms with Gasteiger partial charge in [0.1, 0.15) is 0 Å². The molecule has 2 aromatic carbocycles. The van der Waals surface area contributed by atoms with Gasteiger partial charge in [-0.15, -0.1) is 0 Å². The van der Waals surface area contributed by atoms with Crippen molar-refractivity contribution in [2.24, 2.45) is 0 Å². The third-order valence-corrected chi connectivity index (χ3v) is 4.76. The summed E-state index contributed by atoms with van der Waals surface area (Å²) in [7, 11) is 0. The molecular formula is C19H22ClN. The number of halogens is 1. The summed E-state index contributed by atoms with van der Waals surface area (Å²) >= 11 is 5.94. The number of benzene rings is 2. The van der Waals surface area contributed by atoms with Crippen LogP contribution in [0.4, 0.5) is 0 Å². The van der Waals surface area contributed by atoms with E-state index in [9.17, 15) is 0 Å². The van der Waals surface area contributed by atoms with E-state index in [2.05, 4.69) is 55.6 Å². The minimum atomic E-state index is 0.380. The second-order valence-corrected chi connectivity index (χ2v) is 6.66. The zero-order valence-corrected chi connectivity index (χ0v) is 13.4. The highest BCUT2D eigenvalue weighted by molar-refractivity contribution is 6.30. The molecule has 0 radical (unpaired) electrons. The van der Waals surface area contributed by atoms with Crippen molar-refractivity contribution >= 4 is 11.6 Å². The van der Waals surface area contributed by atoms with E-state index in [4.69, 9.17) is 11.6 Å². The molecule has 21 heavy (non-hydrogen) atoms. The first-order chi connectivity index (χ1) is 10.1. The van der Waals surface area contributed by atoms with Gasteiger partial charge in [-0.3, -0.25) is 0 Å². The van der Waals surface area contributed by atoms with Gasteiger partial charge < -0.3 is 5.32 Å². The number of hydrogen-bond acceptors (Lipinski definition) is 1.